The van der Waals surface area contributed by atoms with Gasteiger partial charge in [0.05, 0.1) is 12.0 Å². The third kappa shape index (κ3) is 3.52. The quantitative estimate of drug-likeness (QED) is 0.546. The van der Waals surface area contributed by atoms with E-state index in [0.717, 1.165) is 16.0 Å². The Morgan fingerprint density at radius 2 is 1.69 bits per heavy atom. The van der Waals surface area contributed by atoms with E-state index in [0.29, 0.717) is 30.0 Å². The van der Waals surface area contributed by atoms with E-state index in [4.69, 9.17) is 4.74 Å². The van der Waals surface area contributed by atoms with Crippen molar-refractivity contribution in [2.45, 2.75) is 6.54 Å². The van der Waals surface area contributed by atoms with Crippen molar-refractivity contribution in [3.8, 4) is 11.5 Å². The summed E-state index contributed by atoms with van der Waals surface area (Å²) in [5.41, 5.74) is 0.892. The molecular weight excluding hydrogens is 370 g/mol. The number of benzene rings is 2. The zero-order valence-corrected chi connectivity index (χ0v) is 16.2. The summed E-state index contributed by atoms with van der Waals surface area (Å²) in [5.74, 6) is 1.47. The molecule has 4 rings (SSSR count). The number of anilines is 1. The Kier molecular flexibility index (Phi) is 4.90. The van der Waals surface area contributed by atoms with Gasteiger partial charge in [-0.25, -0.2) is 9.78 Å². The van der Waals surface area contributed by atoms with E-state index in [9.17, 15) is 9.59 Å². The van der Waals surface area contributed by atoms with Gasteiger partial charge in [0, 0.05) is 27.2 Å². The molecule has 8 nitrogen and oxygen atoms in total. The number of aryl methyl sites for hydroxylation is 1. The first-order valence-corrected chi connectivity index (χ1v) is 9.23. The van der Waals surface area contributed by atoms with Gasteiger partial charge in [-0.3, -0.25) is 13.9 Å². The summed E-state index contributed by atoms with van der Waals surface area (Å²) in [6.07, 6.45) is 1.58. The molecule has 0 aliphatic rings. The lowest BCUT2D eigenvalue weighted by Gasteiger charge is -2.13. The van der Waals surface area contributed by atoms with Gasteiger partial charge >= 0.3 is 5.69 Å². The van der Waals surface area contributed by atoms with E-state index in [-0.39, 0.29) is 5.56 Å². The van der Waals surface area contributed by atoms with Crippen molar-refractivity contribution in [3.05, 3.63) is 81.8 Å². The van der Waals surface area contributed by atoms with Crippen molar-refractivity contribution in [3.63, 3.8) is 0 Å². The van der Waals surface area contributed by atoms with Crippen molar-refractivity contribution in [2.24, 2.45) is 14.1 Å². The molecule has 0 fully saturated rings. The minimum atomic E-state index is -0.391. The van der Waals surface area contributed by atoms with E-state index in [1.54, 1.807) is 17.9 Å². The predicted molar refractivity (Wildman–Crippen MR) is 112 cm³/mol. The summed E-state index contributed by atoms with van der Waals surface area (Å²) in [4.78, 5) is 28.8. The first-order valence-electron chi connectivity index (χ1n) is 9.23. The molecular formula is C21H21N5O3. The van der Waals surface area contributed by atoms with Gasteiger partial charge in [-0.05, 0) is 24.3 Å². The molecule has 0 saturated carbocycles. The van der Waals surface area contributed by atoms with Crippen LogP contribution in [0, 0.1) is 0 Å². The smallest absolute Gasteiger partial charge is 0.332 e. The summed E-state index contributed by atoms with van der Waals surface area (Å²) in [6, 6.07) is 17.2. The van der Waals surface area contributed by atoms with Crippen LogP contribution in [0.5, 0.6) is 11.5 Å². The number of ether oxygens (including phenoxy) is 1. The van der Waals surface area contributed by atoms with Gasteiger partial charge in [0.15, 0.2) is 16.9 Å². The van der Waals surface area contributed by atoms with Crippen LogP contribution in [0.4, 0.5) is 5.69 Å². The maximum absolute atomic E-state index is 12.5. The fraction of sp³-hybridized carbons (Fsp3) is 0.190. The summed E-state index contributed by atoms with van der Waals surface area (Å²) < 4.78 is 10.2. The Bertz CT molecular complexity index is 1270. The van der Waals surface area contributed by atoms with E-state index in [2.05, 4.69) is 10.3 Å². The molecule has 1 N–H and O–H groups in total. The first-order chi connectivity index (χ1) is 14.1. The number of fused-ring (bicyclic) bond motifs is 1. The number of aromatic nitrogens is 4. The van der Waals surface area contributed by atoms with E-state index < -0.39 is 5.69 Å². The highest BCUT2D eigenvalue weighted by molar-refractivity contribution is 5.70. The van der Waals surface area contributed by atoms with E-state index in [1.807, 2.05) is 54.6 Å². The molecule has 2 aromatic carbocycles. The molecule has 0 amide bonds. The van der Waals surface area contributed by atoms with Gasteiger partial charge in [-0.15, -0.1) is 0 Å². The van der Waals surface area contributed by atoms with Crippen LogP contribution in [0.25, 0.3) is 11.2 Å². The lowest BCUT2D eigenvalue weighted by Crippen LogP contribution is -2.37. The van der Waals surface area contributed by atoms with Crippen LogP contribution in [0.1, 0.15) is 0 Å². The lowest BCUT2D eigenvalue weighted by atomic mass is 10.3. The second kappa shape index (κ2) is 7.67. The highest BCUT2D eigenvalue weighted by atomic mass is 16.5. The molecule has 0 bridgehead atoms. The second-order valence-corrected chi connectivity index (χ2v) is 6.65. The van der Waals surface area contributed by atoms with Crippen LogP contribution < -0.4 is 21.3 Å². The Morgan fingerprint density at radius 1 is 0.966 bits per heavy atom. The second-order valence-electron chi connectivity index (χ2n) is 6.65. The minimum Gasteiger partial charge on any atom is -0.455 e. The summed E-state index contributed by atoms with van der Waals surface area (Å²) in [6.45, 7) is 1.05. The summed E-state index contributed by atoms with van der Waals surface area (Å²) >= 11 is 0. The molecule has 2 heterocycles. The summed E-state index contributed by atoms with van der Waals surface area (Å²) in [5, 5.41) is 3.35. The van der Waals surface area contributed by atoms with Gasteiger partial charge in [-0.1, -0.05) is 30.3 Å². The number of nitrogens with zero attached hydrogens (tertiary/aromatic N) is 4. The van der Waals surface area contributed by atoms with Crippen molar-refractivity contribution >= 4 is 16.9 Å². The molecule has 0 saturated heterocycles. The van der Waals surface area contributed by atoms with Crippen LogP contribution in [-0.4, -0.2) is 25.2 Å². The third-order valence-corrected chi connectivity index (χ3v) is 4.74. The molecule has 8 heteroatoms. The molecule has 0 radical (unpaired) electrons. The molecule has 0 aliphatic carbocycles. The van der Waals surface area contributed by atoms with Gasteiger partial charge in [0.25, 0.3) is 5.56 Å². The number of rotatable bonds is 6. The largest absolute Gasteiger partial charge is 0.455 e. The Balaban J connectivity index is 1.53. The maximum atomic E-state index is 12.5. The predicted octanol–water partition coefficient (Wildman–Crippen LogP) is 2.34. The Hall–Kier alpha value is -3.81. The first kappa shape index (κ1) is 18.5. The lowest BCUT2D eigenvalue weighted by molar-refractivity contribution is 0.484. The fourth-order valence-corrected chi connectivity index (χ4v) is 3.19. The average molecular weight is 391 g/mol. The molecule has 29 heavy (non-hydrogen) atoms. The van der Waals surface area contributed by atoms with Gasteiger partial charge in [0.1, 0.15) is 5.75 Å². The van der Waals surface area contributed by atoms with Crippen molar-refractivity contribution in [1.82, 2.24) is 18.7 Å². The Labute approximate surface area is 166 Å². The summed E-state index contributed by atoms with van der Waals surface area (Å²) in [7, 11) is 3.08. The van der Waals surface area contributed by atoms with Crippen molar-refractivity contribution in [1.29, 1.82) is 0 Å². The SMILES string of the molecule is Cn1c(=O)c2c(ncn2CCNc2ccccc2Oc2ccccc2)n(C)c1=O. The van der Waals surface area contributed by atoms with Crippen LogP contribution in [0.15, 0.2) is 70.5 Å². The highest BCUT2D eigenvalue weighted by Gasteiger charge is 2.14. The van der Waals surface area contributed by atoms with Gasteiger partial charge < -0.3 is 14.6 Å². The van der Waals surface area contributed by atoms with Crippen molar-refractivity contribution in [2.75, 3.05) is 11.9 Å². The maximum Gasteiger partial charge on any atom is 0.332 e. The van der Waals surface area contributed by atoms with Crippen LogP contribution in [0.2, 0.25) is 0 Å². The standard InChI is InChI=1S/C21H21N5O3/c1-24-19-18(20(27)25(2)21(24)28)26(14-23-19)13-12-22-16-10-6-7-11-17(16)29-15-8-4-3-5-9-15/h3-11,14,22H,12-13H2,1-2H3. The molecule has 4 aromatic rings. The fourth-order valence-electron chi connectivity index (χ4n) is 3.19. The molecule has 0 aliphatic heterocycles. The number of hydrogen-bond acceptors (Lipinski definition) is 5. The van der Waals surface area contributed by atoms with Gasteiger partial charge in [0.2, 0.25) is 0 Å². The zero-order valence-electron chi connectivity index (χ0n) is 16.2. The number of hydrogen-bond donors (Lipinski definition) is 1. The average Bonchev–Trinajstić information content (AvgIpc) is 3.17. The van der Waals surface area contributed by atoms with Gasteiger partial charge in [-0.2, -0.15) is 0 Å². The normalized spacial score (nSPS) is 11.0. The third-order valence-electron chi connectivity index (χ3n) is 4.74. The molecule has 0 atom stereocenters. The number of nitrogens with one attached hydrogen (secondary N) is 1. The van der Waals surface area contributed by atoms with Crippen LogP contribution in [0.3, 0.4) is 0 Å². The van der Waals surface area contributed by atoms with Crippen molar-refractivity contribution < 1.29 is 4.74 Å². The van der Waals surface area contributed by atoms with Crippen LogP contribution >= 0.6 is 0 Å². The van der Waals surface area contributed by atoms with E-state index in [1.165, 1.54) is 11.6 Å². The molecule has 148 valence electrons. The number of imidazole rings is 1. The molecule has 0 spiro atoms. The topological polar surface area (TPSA) is 83.1 Å². The number of para-hydroxylation sites is 3. The molecule has 2 aromatic heterocycles. The molecule has 0 unspecified atom stereocenters. The minimum absolute atomic E-state index is 0.353. The highest BCUT2D eigenvalue weighted by Crippen LogP contribution is 2.28. The van der Waals surface area contributed by atoms with Crippen LogP contribution in [-0.2, 0) is 20.6 Å². The monoisotopic (exact) mass is 391 g/mol. The van der Waals surface area contributed by atoms with E-state index >= 15 is 0 Å². The zero-order chi connectivity index (χ0) is 20.4. The Morgan fingerprint density at radius 3 is 2.48 bits per heavy atom.